The van der Waals surface area contributed by atoms with Crippen LogP contribution in [0.25, 0.3) is 0 Å². The molecule has 0 aliphatic rings. The topological polar surface area (TPSA) is 3.24 Å². The molecule has 0 N–H and O–H groups in total. The summed E-state index contributed by atoms with van der Waals surface area (Å²) in [6.07, 6.45) is 0. The van der Waals surface area contributed by atoms with Crippen LogP contribution in [0.3, 0.4) is 0 Å². The number of hydrogen-bond acceptors (Lipinski definition) is 1. The molecule has 1 rings (SSSR count). The van der Waals surface area contributed by atoms with Gasteiger partial charge in [-0.15, -0.1) is 0 Å². The van der Waals surface area contributed by atoms with Crippen LogP contribution in [0.1, 0.15) is 18.5 Å². The maximum Gasteiger partial charge on any atom is 0.159 e. The summed E-state index contributed by atoms with van der Waals surface area (Å²) >= 11 is 5.69. The van der Waals surface area contributed by atoms with E-state index in [1.807, 2.05) is 18.9 Å². The molecule has 0 heterocycles. The number of likely N-dealkylation sites (N-methyl/N-ethyl adjacent to an activating group) is 1. The summed E-state index contributed by atoms with van der Waals surface area (Å²) in [7, 11) is 1.85. The zero-order valence-electron chi connectivity index (χ0n) is 9.30. The molecule has 1 unspecified atom stereocenters. The van der Waals surface area contributed by atoms with Crippen molar-refractivity contribution in [2.45, 2.75) is 13.0 Å². The monoisotopic (exact) mass is 245 g/mol. The van der Waals surface area contributed by atoms with Crippen molar-refractivity contribution in [3.05, 3.63) is 47.0 Å². The van der Waals surface area contributed by atoms with E-state index in [9.17, 15) is 8.78 Å². The van der Waals surface area contributed by atoms with Crippen molar-refractivity contribution in [3.8, 4) is 0 Å². The minimum atomic E-state index is -0.833. The Balaban J connectivity index is 2.83. The molecule has 0 radical (unpaired) electrons. The van der Waals surface area contributed by atoms with E-state index in [-0.39, 0.29) is 6.04 Å². The quantitative estimate of drug-likeness (QED) is 0.782. The Morgan fingerprint density at radius 1 is 1.44 bits per heavy atom. The normalized spacial score (nSPS) is 12.9. The molecular formula is C12H14ClF2N. The molecule has 0 saturated carbocycles. The summed E-state index contributed by atoms with van der Waals surface area (Å²) in [6.45, 7) is 5.99. The van der Waals surface area contributed by atoms with Crippen LogP contribution in [0.15, 0.2) is 29.8 Å². The maximum atomic E-state index is 13.0. The van der Waals surface area contributed by atoms with Gasteiger partial charge in [-0.25, -0.2) is 8.78 Å². The zero-order valence-corrected chi connectivity index (χ0v) is 10.1. The summed E-state index contributed by atoms with van der Waals surface area (Å²) in [5, 5.41) is 0.511. The van der Waals surface area contributed by atoms with Crippen LogP contribution in [0, 0.1) is 11.6 Å². The van der Waals surface area contributed by atoms with Gasteiger partial charge in [0.1, 0.15) is 0 Å². The van der Waals surface area contributed by atoms with Crippen molar-refractivity contribution in [3.63, 3.8) is 0 Å². The number of rotatable bonds is 4. The first-order valence-electron chi connectivity index (χ1n) is 4.90. The third-order valence-corrected chi connectivity index (χ3v) is 2.63. The minimum absolute atomic E-state index is 0.0504. The van der Waals surface area contributed by atoms with Gasteiger partial charge in [-0.1, -0.05) is 24.2 Å². The first-order chi connectivity index (χ1) is 7.41. The van der Waals surface area contributed by atoms with Crippen LogP contribution >= 0.6 is 11.6 Å². The summed E-state index contributed by atoms with van der Waals surface area (Å²) in [4.78, 5) is 1.90. The van der Waals surface area contributed by atoms with E-state index in [1.54, 1.807) is 6.07 Å². The van der Waals surface area contributed by atoms with E-state index in [1.165, 1.54) is 6.07 Å². The second-order valence-corrected chi connectivity index (χ2v) is 4.32. The second kappa shape index (κ2) is 5.41. The van der Waals surface area contributed by atoms with Gasteiger partial charge in [0.25, 0.3) is 0 Å². The molecule has 0 bridgehead atoms. The molecule has 0 amide bonds. The molecule has 0 aromatic heterocycles. The van der Waals surface area contributed by atoms with E-state index < -0.39 is 11.6 Å². The summed E-state index contributed by atoms with van der Waals surface area (Å²) in [6, 6.07) is 3.85. The molecule has 16 heavy (non-hydrogen) atoms. The van der Waals surface area contributed by atoms with Gasteiger partial charge >= 0.3 is 0 Å². The highest BCUT2D eigenvalue weighted by molar-refractivity contribution is 6.29. The molecular weight excluding hydrogens is 232 g/mol. The summed E-state index contributed by atoms with van der Waals surface area (Å²) < 4.78 is 25.8. The summed E-state index contributed by atoms with van der Waals surface area (Å²) in [5.74, 6) is -1.66. The fourth-order valence-electron chi connectivity index (χ4n) is 1.43. The van der Waals surface area contributed by atoms with Crippen LogP contribution in [0.4, 0.5) is 8.78 Å². The smallest absolute Gasteiger partial charge is 0.159 e. The Labute approximate surface area is 99.3 Å². The lowest BCUT2D eigenvalue weighted by molar-refractivity contribution is 0.286. The van der Waals surface area contributed by atoms with Crippen LogP contribution in [0.5, 0.6) is 0 Å². The first kappa shape index (κ1) is 13.1. The second-order valence-electron chi connectivity index (χ2n) is 3.78. The van der Waals surface area contributed by atoms with Gasteiger partial charge in [0.2, 0.25) is 0 Å². The van der Waals surface area contributed by atoms with E-state index >= 15 is 0 Å². The third-order valence-electron chi connectivity index (χ3n) is 2.51. The van der Waals surface area contributed by atoms with Crippen LogP contribution < -0.4 is 0 Å². The lowest BCUT2D eigenvalue weighted by atomic mass is 10.1. The van der Waals surface area contributed by atoms with Crippen molar-refractivity contribution >= 4 is 11.6 Å². The lowest BCUT2D eigenvalue weighted by Crippen LogP contribution is -2.23. The SMILES string of the molecule is C=C(Cl)CN(C)C(C)c1ccc(F)c(F)c1. The predicted molar refractivity (Wildman–Crippen MR) is 62.4 cm³/mol. The minimum Gasteiger partial charge on any atom is -0.295 e. The van der Waals surface area contributed by atoms with Gasteiger partial charge in [-0.2, -0.15) is 0 Å². The largest absolute Gasteiger partial charge is 0.295 e. The molecule has 0 saturated heterocycles. The molecule has 0 aliphatic carbocycles. The molecule has 1 aromatic carbocycles. The fourth-order valence-corrected chi connectivity index (χ4v) is 1.62. The number of hydrogen-bond donors (Lipinski definition) is 0. The maximum absolute atomic E-state index is 13.0. The average molecular weight is 246 g/mol. The van der Waals surface area contributed by atoms with Gasteiger partial charge in [-0.3, -0.25) is 4.90 Å². The Kier molecular flexibility index (Phi) is 4.44. The molecule has 88 valence electrons. The van der Waals surface area contributed by atoms with Crippen molar-refractivity contribution in [2.24, 2.45) is 0 Å². The van der Waals surface area contributed by atoms with Crippen molar-refractivity contribution in [1.82, 2.24) is 4.90 Å². The number of nitrogens with zero attached hydrogens (tertiary/aromatic N) is 1. The molecule has 1 aromatic rings. The van der Waals surface area contributed by atoms with Gasteiger partial charge in [0.05, 0.1) is 0 Å². The Hall–Kier alpha value is -0.930. The molecule has 1 nitrogen and oxygen atoms in total. The lowest BCUT2D eigenvalue weighted by Gasteiger charge is -2.24. The van der Waals surface area contributed by atoms with Gasteiger partial charge in [0, 0.05) is 17.6 Å². The van der Waals surface area contributed by atoms with E-state index in [0.29, 0.717) is 17.1 Å². The summed E-state index contributed by atoms with van der Waals surface area (Å²) in [5.41, 5.74) is 0.708. The van der Waals surface area contributed by atoms with Crippen molar-refractivity contribution in [2.75, 3.05) is 13.6 Å². The van der Waals surface area contributed by atoms with E-state index in [4.69, 9.17) is 11.6 Å². The Morgan fingerprint density at radius 2 is 2.06 bits per heavy atom. The fraction of sp³-hybridized carbons (Fsp3) is 0.333. The standard InChI is InChI=1S/C12H14ClF2N/c1-8(13)7-16(3)9(2)10-4-5-11(14)12(15)6-10/h4-6,9H,1,7H2,2-3H3. The highest BCUT2D eigenvalue weighted by Gasteiger charge is 2.13. The van der Waals surface area contributed by atoms with E-state index in [2.05, 4.69) is 6.58 Å². The first-order valence-corrected chi connectivity index (χ1v) is 5.28. The highest BCUT2D eigenvalue weighted by Crippen LogP contribution is 2.21. The van der Waals surface area contributed by atoms with Crippen LogP contribution in [0.2, 0.25) is 0 Å². The van der Waals surface area contributed by atoms with Crippen LogP contribution in [-0.2, 0) is 0 Å². The van der Waals surface area contributed by atoms with Gasteiger partial charge in [0.15, 0.2) is 11.6 Å². The Morgan fingerprint density at radius 3 is 2.56 bits per heavy atom. The third kappa shape index (κ3) is 3.29. The van der Waals surface area contributed by atoms with Crippen molar-refractivity contribution < 1.29 is 8.78 Å². The van der Waals surface area contributed by atoms with Crippen LogP contribution in [-0.4, -0.2) is 18.5 Å². The van der Waals surface area contributed by atoms with E-state index in [0.717, 1.165) is 6.07 Å². The van der Waals surface area contributed by atoms with Gasteiger partial charge in [-0.05, 0) is 31.7 Å². The molecule has 4 heteroatoms. The predicted octanol–water partition coefficient (Wildman–Crippen LogP) is 3.71. The Bertz CT molecular complexity index is 393. The molecule has 0 spiro atoms. The molecule has 0 aliphatic heterocycles. The number of benzene rings is 1. The van der Waals surface area contributed by atoms with Gasteiger partial charge < -0.3 is 0 Å². The molecule has 1 atom stereocenters. The molecule has 0 fully saturated rings. The zero-order chi connectivity index (χ0) is 12.3. The van der Waals surface area contributed by atoms with Crippen molar-refractivity contribution in [1.29, 1.82) is 0 Å². The average Bonchev–Trinajstić information content (AvgIpc) is 2.20. The number of halogens is 3. The highest BCUT2D eigenvalue weighted by atomic mass is 35.5.